The van der Waals surface area contributed by atoms with Crippen LogP contribution >= 0.6 is 0 Å². The first kappa shape index (κ1) is 32.7. The summed E-state index contributed by atoms with van der Waals surface area (Å²) in [5.41, 5.74) is 1.19. The average Bonchev–Trinajstić information content (AvgIpc) is 3.01. The van der Waals surface area contributed by atoms with Crippen LogP contribution < -0.4 is 10.4 Å². The van der Waals surface area contributed by atoms with Crippen molar-refractivity contribution < 1.29 is 19.1 Å². The van der Waals surface area contributed by atoms with Crippen LogP contribution in [-0.2, 0) is 19.1 Å². The van der Waals surface area contributed by atoms with Gasteiger partial charge in [0, 0.05) is 5.92 Å². The summed E-state index contributed by atoms with van der Waals surface area (Å²) >= 11 is 0. The normalized spacial score (nSPS) is 16.7. The average molecular weight is 568 g/mol. The molecule has 0 heterocycles. The molecule has 5 nitrogen and oxygen atoms in total. The standard InChI is InChI=1S/C37H45NO4/c1-6-11-13-26(8-3)24-41-36(39)34(10-5)30-17-15-28-20-33-22-31(18-16-29(33)19-32(28)21-30)35(23-38)37(40)42-25-27(9-4)14-12-7-2/h5,15-22,26-27,31,35H,6-9,11-14,24-25H2,1-4H3/b34-30-. The number of carbonyl (C=O) groups excluding carboxylic acids is 2. The van der Waals surface area contributed by atoms with Gasteiger partial charge in [0.05, 0.1) is 19.3 Å². The van der Waals surface area contributed by atoms with Crippen molar-refractivity contribution in [2.24, 2.45) is 23.7 Å². The van der Waals surface area contributed by atoms with Crippen LogP contribution in [0.1, 0.15) is 84.6 Å². The highest BCUT2D eigenvalue weighted by molar-refractivity contribution is 6.16. The lowest BCUT2D eigenvalue weighted by Gasteiger charge is -2.20. The number of esters is 2. The number of nitrogens with zero attached hydrogens (tertiary/aromatic N) is 1. The Morgan fingerprint density at radius 1 is 0.929 bits per heavy atom. The number of hydrogen-bond donors (Lipinski definition) is 0. The summed E-state index contributed by atoms with van der Waals surface area (Å²) in [5, 5.41) is 13.3. The van der Waals surface area contributed by atoms with E-state index in [1.807, 2.05) is 48.6 Å². The third kappa shape index (κ3) is 8.59. The molecule has 0 saturated heterocycles. The van der Waals surface area contributed by atoms with Crippen LogP contribution in [-0.4, -0.2) is 25.2 Å². The van der Waals surface area contributed by atoms with Crippen molar-refractivity contribution >= 4 is 40.4 Å². The molecule has 3 rings (SSSR count). The molecule has 1 aliphatic rings. The minimum atomic E-state index is -0.899. The van der Waals surface area contributed by atoms with E-state index < -0.39 is 17.9 Å². The Labute approximate surface area is 251 Å². The van der Waals surface area contributed by atoms with Gasteiger partial charge in [-0.2, -0.15) is 5.26 Å². The van der Waals surface area contributed by atoms with E-state index in [0.717, 1.165) is 72.9 Å². The molecule has 4 atom stereocenters. The highest BCUT2D eigenvalue weighted by atomic mass is 16.5. The Morgan fingerprint density at radius 3 is 2.19 bits per heavy atom. The number of nitriles is 1. The quantitative estimate of drug-likeness (QED) is 0.177. The molecule has 42 heavy (non-hydrogen) atoms. The first-order valence-electron chi connectivity index (χ1n) is 15.6. The molecule has 0 saturated carbocycles. The van der Waals surface area contributed by atoms with E-state index in [1.54, 1.807) is 0 Å². The van der Waals surface area contributed by atoms with Crippen LogP contribution in [0, 0.1) is 47.3 Å². The Balaban J connectivity index is 1.81. The minimum absolute atomic E-state index is 0.220. The number of unbranched alkanes of at least 4 members (excludes halogenated alkanes) is 2. The Morgan fingerprint density at radius 2 is 1.60 bits per heavy atom. The lowest BCUT2D eigenvalue weighted by atomic mass is 9.87. The lowest BCUT2D eigenvalue weighted by molar-refractivity contribution is -0.148. The molecule has 2 aromatic rings. The van der Waals surface area contributed by atoms with Crippen LogP contribution in [0.15, 0.2) is 36.4 Å². The van der Waals surface area contributed by atoms with Gasteiger partial charge in [0.1, 0.15) is 5.57 Å². The molecule has 0 spiro atoms. The first-order valence-corrected chi connectivity index (χ1v) is 15.6. The smallest absolute Gasteiger partial charge is 0.347 e. The van der Waals surface area contributed by atoms with E-state index in [1.165, 1.54) is 0 Å². The van der Waals surface area contributed by atoms with Crippen molar-refractivity contribution in [3.63, 3.8) is 0 Å². The van der Waals surface area contributed by atoms with Gasteiger partial charge >= 0.3 is 11.9 Å². The number of fused-ring (bicyclic) bond motifs is 2. The second-order valence-corrected chi connectivity index (χ2v) is 11.3. The van der Waals surface area contributed by atoms with Crippen LogP contribution in [0.25, 0.3) is 28.5 Å². The first-order chi connectivity index (χ1) is 20.4. The molecular weight excluding hydrogens is 522 g/mol. The van der Waals surface area contributed by atoms with E-state index in [4.69, 9.17) is 15.9 Å². The molecule has 5 heteroatoms. The number of benzene rings is 2. The summed E-state index contributed by atoms with van der Waals surface area (Å²) in [4.78, 5) is 25.8. The van der Waals surface area contributed by atoms with Gasteiger partial charge < -0.3 is 9.47 Å². The molecule has 1 aliphatic carbocycles. The van der Waals surface area contributed by atoms with Crippen molar-refractivity contribution in [2.75, 3.05) is 13.2 Å². The molecule has 4 unspecified atom stereocenters. The molecule has 222 valence electrons. The Kier molecular flexibility index (Phi) is 12.9. The zero-order chi connectivity index (χ0) is 30.5. The van der Waals surface area contributed by atoms with Crippen molar-refractivity contribution in [1.82, 2.24) is 0 Å². The summed E-state index contributed by atoms with van der Waals surface area (Å²) < 4.78 is 11.2. The minimum Gasteiger partial charge on any atom is -0.464 e. The Hall–Kier alpha value is -3.83. The number of terminal acetylenes is 1. The number of carbonyl (C=O) groups is 2. The van der Waals surface area contributed by atoms with Gasteiger partial charge in [-0.1, -0.05) is 103 Å². The maximum absolute atomic E-state index is 12.9. The van der Waals surface area contributed by atoms with E-state index in [-0.39, 0.29) is 11.5 Å². The Bertz CT molecular complexity index is 1470. The SMILES string of the molecule is C#C/C(C(=O)OCC(CC)CCCC)=c1\ccc2cc3c(cc2c1)C=CC(C(C#N)C(=O)OCC(CC)CCCC)C=3. The van der Waals surface area contributed by atoms with E-state index >= 15 is 0 Å². The monoisotopic (exact) mass is 567 g/mol. The summed E-state index contributed by atoms with van der Waals surface area (Å²) in [5.74, 6) is 1.00. The zero-order valence-corrected chi connectivity index (χ0v) is 25.7. The fourth-order valence-electron chi connectivity index (χ4n) is 5.37. The van der Waals surface area contributed by atoms with Crippen LogP contribution in [0.3, 0.4) is 0 Å². The van der Waals surface area contributed by atoms with Gasteiger partial charge in [0.15, 0.2) is 5.92 Å². The van der Waals surface area contributed by atoms with Gasteiger partial charge in [0.2, 0.25) is 0 Å². The number of ether oxygens (including phenoxy) is 2. The maximum atomic E-state index is 12.9. The third-order valence-corrected chi connectivity index (χ3v) is 8.33. The number of hydrogen-bond acceptors (Lipinski definition) is 5. The van der Waals surface area contributed by atoms with Gasteiger partial charge in [-0.15, -0.1) is 6.42 Å². The number of allylic oxidation sites excluding steroid dienone is 1. The summed E-state index contributed by atoms with van der Waals surface area (Å²) in [6.07, 6.45) is 20.0. The second-order valence-electron chi connectivity index (χ2n) is 11.3. The predicted octanol–water partition coefficient (Wildman–Crippen LogP) is 6.71. The fraction of sp³-hybridized carbons (Fsp3) is 0.486. The molecule has 0 aromatic heterocycles. The van der Waals surface area contributed by atoms with E-state index in [9.17, 15) is 14.9 Å². The molecular formula is C37H45NO4. The van der Waals surface area contributed by atoms with Crippen LogP contribution in [0.4, 0.5) is 0 Å². The van der Waals surface area contributed by atoms with Crippen LogP contribution in [0.2, 0.25) is 0 Å². The van der Waals surface area contributed by atoms with Crippen LogP contribution in [0.5, 0.6) is 0 Å². The van der Waals surface area contributed by atoms with Gasteiger partial charge in [-0.05, 0) is 69.6 Å². The zero-order valence-electron chi connectivity index (χ0n) is 25.7. The summed E-state index contributed by atoms with van der Waals surface area (Å²) in [6, 6.07) is 11.9. The fourth-order valence-corrected chi connectivity index (χ4v) is 5.37. The molecule has 0 bridgehead atoms. The number of rotatable bonds is 15. The molecule has 2 aromatic carbocycles. The van der Waals surface area contributed by atoms with Gasteiger partial charge in [0.25, 0.3) is 0 Å². The summed E-state index contributed by atoms with van der Waals surface area (Å²) in [7, 11) is 0. The lowest BCUT2D eigenvalue weighted by Crippen LogP contribution is -2.27. The topological polar surface area (TPSA) is 76.4 Å². The molecule has 0 N–H and O–H groups in total. The highest BCUT2D eigenvalue weighted by Gasteiger charge is 2.28. The highest BCUT2D eigenvalue weighted by Crippen LogP contribution is 2.24. The van der Waals surface area contributed by atoms with E-state index in [0.29, 0.717) is 30.3 Å². The largest absolute Gasteiger partial charge is 0.464 e. The predicted molar refractivity (Wildman–Crippen MR) is 170 cm³/mol. The van der Waals surface area contributed by atoms with Gasteiger partial charge in [-0.25, -0.2) is 4.79 Å². The third-order valence-electron chi connectivity index (χ3n) is 8.33. The van der Waals surface area contributed by atoms with Gasteiger partial charge in [-0.3, -0.25) is 4.79 Å². The summed E-state index contributed by atoms with van der Waals surface area (Å²) in [6.45, 7) is 9.25. The van der Waals surface area contributed by atoms with Crippen molar-refractivity contribution in [3.8, 4) is 18.4 Å². The molecule has 0 amide bonds. The molecule has 0 fully saturated rings. The molecule has 0 aliphatic heterocycles. The molecule has 0 radical (unpaired) electrons. The van der Waals surface area contributed by atoms with Crippen molar-refractivity contribution in [3.05, 3.63) is 52.4 Å². The second kappa shape index (κ2) is 16.6. The van der Waals surface area contributed by atoms with Crippen molar-refractivity contribution in [2.45, 2.75) is 79.1 Å². The maximum Gasteiger partial charge on any atom is 0.347 e. The van der Waals surface area contributed by atoms with Crippen molar-refractivity contribution in [1.29, 1.82) is 5.26 Å². The van der Waals surface area contributed by atoms with E-state index in [2.05, 4.69) is 39.7 Å².